The van der Waals surface area contributed by atoms with E-state index in [1.54, 1.807) is 17.0 Å². The second kappa shape index (κ2) is 9.25. The lowest BCUT2D eigenvalue weighted by molar-refractivity contribution is 0.0706. The molecule has 1 amide bonds. The smallest absolute Gasteiger partial charge is 0.410 e. The van der Waals surface area contributed by atoms with E-state index in [4.69, 9.17) is 9.47 Å². The minimum Gasteiger partial charge on any atom is -0.493 e. The third kappa shape index (κ3) is 5.47. The van der Waals surface area contributed by atoms with Crippen molar-refractivity contribution in [3.63, 3.8) is 0 Å². The Morgan fingerprint density at radius 2 is 2.20 bits per heavy atom. The Bertz CT molecular complexity index is 583. The third-order valence-corrected chi connectivity index (χ3v) is 4.61. The van der Waals surface area contributed by atoms with Crippen molar-refractivity contribution in [2.75, 3.05) is 26.2 Å². The highest BCUT2D eigenvalue weighted by Crippen LogP contribution is 2.30. The van der Waals surface area contributed by atoms with Gasteiger partial charge in [-0.3, -0.25) is 0 Å². The van der Waals surface area contributed by atoms with Crippen molar-refractivity contribution in [2.24, 2.45) is 5.92 Å². The molecule has 25 heavy (non-hydrogen) atoms. The number of carbonyl (C=O) groups is 1. The van der Waals surface area contributed by atoms with Gasteiger partial charge in [-0.1, -0.05) is 6.92 Å². The van der Waals surface area contributed by atoms with Gasteiger partial charge in [0.15, 0.2) is 0 Å². The molecule has 1 saturated heterocycles. The highest BCUT2D eigenvalue weighted by molar-refractivity contribution is 5.85. The number of piperazine rings is 1. The fourth-order valence-corrected chi connectivity index (χ4v) is 2.84. The first kappa shape index (κ1) is 19.8. The first-order valence-electron chi connectivity index (χ1n) is 8.72. The third-order valence-electron chi connectivity index (χ3n) is 4.61. The first-order chi connectivity index (χ1) is 11.7. The van der Waals surface area contributed by atoms with Crippen LogP contribution in [-0.2, 0) is 11.3 Å². The van der Waals surface area contributed by atoms with Crippen LogP contribution in [0.25, 0.3) is 0 Å². The van der Waals surface area contributed by atoms with Gasteiger partial charge in [-0.25, -0.2) is 9.18 Å². The summed E-state index contributed by atoms with van der Waals surface area (Å²) < 4.78 is 24.9. The number of ether oxygens (including phenoxy) is 2. The highest BCUT2D eigenvalue weighted by Gasteiger charge is 2.26. The predicted molar refractivity (Wildman–Crippen MR) is 95.7 cm³/mol. The number of carbonyl (C=O) groups excluding carboxylic acids is 1. The van der Waals surface area contributed by atoms with Crippen LogP contribution in [0.1, 0.15) is 31.7 Å². The van der Waals surface area contributed by atoms with Crippen LogP contribution >= 0.6 is 12.4 Å². The van der Waals surface area contributed by atoms with Crippen molar-refractivity contribution in [2.45, 2.75) is 38.8 Å². The lowest BCUT2D eigenvalue weighted by Gasteiger charge is -2.34. The average molecular weight is 373 g/mol. The van der Waals surface area contributed by atoms with Crippen molar-refractivity contribution >= 4 is 18.5 Å². The van der Waals surface area contributed by atoms with E-state index in [-0.39, 0.29) is 37.0 Å². The molecule has 1 aliphatic heterocycles. The van der Waals surface area contributed by atoms with Crippen molar-refractivity contribution in [3.05, 3.63) is 29.6 Å². The zero-order valence-electron chi connectivity index (χ0n) is 14.5. The minimum absolute atomic E-state index is 0. The maximum Gasteiger partial charge on any atom is 0.410 e. The van der Waals surface area contributed by atoms with Gasteiger partial charge in [0, 0.05) is 31.2 Å². The Morgan fingerprint density at radius 3 is 2.92 bits per heavy atom. The van der Waals surface area contributed by atoms with Gasteiger partial charge in [-0.2, -0.15) is 0 Å². The molecular weight excluding hydrogens is 347 g/mol. The summed E-state index contributed by atoms with van der Waals surface area (Å²) in [6.07, 6.45) is 2.89. The standard InChI is InChI=1S/C18H25FN2O3.ClH/c1-2-15-10-20-7-8-21(15)18(22)24-12-14-9-16(5-6-17(14)19)23-11-13-3-4-13;/h5-6,9,13,15,20H,2-4,7-8,10-12H2,1H3;1H/t15-;/m1./s1. The summed E-state index contributed by atoms with van der Waals surface area (Å²) in [6, 6.07) is 4.74. The van der Waals surface area contributed by atoms with Crippen LogP contribution in [0.15, 0.2) is 18.2 Å². The average Bonchev–Trinajstić information content (AvgIpc) is 3.44. The van der Waals surface area contributed by atoms with E-state index >= 15 is 0 Å². The molecule has 2 aliphatic rings. The molecule has 0 spiro atoms. The summed E-state index contributed by atoms with van der Waals surface area (Å²) in [7, 11) is 0. The normalized spacial score (nSPS) is 19.9. The Morgan fingerprint density at radius 1 is 1.40 bits per heavy atom. The molecule has 1 aliphatic carbocycles. The lowest BCUT2D eigenvalue weighted by Crippen LogP contribution is -2.53. The summed E-state index contributed by atoms with van der Waals surface area (Å²) in [5.41, 5.74) is 0.347. The van der Waals surface area contributed by atoms with Crippen molar-refractivity contribution < 1.29 is 18.7 Å². The summed E-state index contributed by atoms with van der Waals surface area (Å²) in [4.78, 5) is 14.0. The van der Waals surface area contributed by atoms with Crippen molar-refractivity contribution in [1.82, 2.24) is 10.2 Å². The number of hydrogen-bond donors (Lipinski definition) is 1. The molecule has 2 fully saturated rings. The summed E-state index contributed by atoms with van der Waals surface area (Å²) in [5, 5.41) is 3.26. The number of amides is 1. The molecule has 7 heteroatoms. The van der Waals surface area contributed by atoms with Gasteiger partial charge in [0.2, 0.25) is 0 Å². The molecule has 1 aromatic carbocycles. The molecule has 0 bridgehead atoms. The number of halogens is 2. The number of rotatable bonds is 6. The van der Waals surface area contributed by atoms with Crippen LogP contribution in [0.5, 0.6) is 5.75 Å². The topological polar surface area (TPSA) is 50.8 Å². The van der Waals surface area contributed by atoms with E-state index in [1.807, 2.05) is 6.92 Å². The van der Waals surface area contributed by atoms with E-state index in [2.05, 4.69) is 5.32 Å². The summed E-state index contributed by atoms with van der Waals surface area (Å²) in [6.45, 7) is 4.77. The molecule has 3 rings (SSSR count). The molecule has 0 aromatic heterocycles. The molecule has 0 radical (unpaired) electrons. The maximum atomic E-state index is 13.9. The van der Waals surface area contributed by atoms with Crippen LogP contribution in [0, 0.1) is 11.7 Å². The fourth-order valence-electron chi connectivity index (χ4n) is 2.84. The highest BCUT2D eigenvalue weighted by atomic mass is 35.5. The van der Waals surface area contributed by atoms with E-state index in [0.29, 0.717) is 30.4 Å². The zero-order valence-corrected chi connectivity index (χ0v) is 15.3. The minimum atomic E-state index is -0.382. The van der Waals surface area contributed by atoms with Gasteiger partial charge in [0.05, 0.1) is 6.61 Å². The van der Waals surface area contributed by atoms with Gasteiger partial charge < -0.3 is 19.7 Å². The zero-order chi connectivity index (χ0) is 16.9. The quantitative estimate of drug-likeness (QED) is 0.832. The lowest BCUT2D eigenvalue weighted by atomic mass is 10.1. The van der Waals surface area contributed by atoms with E-state index in [1.165, 1.54) is 18.9 Å². The monoisotopic (exact) mass is 372 g/mol. The number of benzene rings is 1. The number of nitrogens with zero attached hydrogens (tertiary/aromatic N) is 1. The van der Waals surface area contributed by atoms with Crippen LogP contribution in [0.3, 0.4) is 0 Å². The number of hydrogen-bond acceptors (Lipinski definition) is 4. The summed E-state index contributed by atoms with van der Waals surface area (Å²) in [5.74, 6) is 0.881. The maximum absolute atomic E-state index is 13.9. The first-order valence-corrected chi connectivity index (χ1v) is 8.72. The largest absolute Gasteiger partial charge is 0.493 e. The van der Waals surface area contributed by atoms with Gasteiger partial charge in [-0.15, -0.1) is 12.4 Å². The van der Waals surface area contributed by atoms with Crippen molar-refractivity contribution in [1.29, 1.82) is 0 Å². The van der Waals surface area contributed by atoms with Crippen molar-refractivity contribution in [3.8, 4) is 5.75 Å². The second-order valence-electron chi connectivity index (χ2n) is 6.52. The van der Waals surface area contributed by atoms with E-state index < -0.39 is 0 Å². The Balaban J connectivity index is 0.00000225. The van der Waals surface area contributed by atoms with E-state index in [9.17, 15) is 9.18 Å². The molecule has 1 saturated carbocycles. The molecule has 140 valence electrons. The molecule has 0 unspecified atom stereocenters. The molecule has 1 aromatic rings. The van der Waals surface area contributed by atoms with Crippen LogP contribution in [0.4, 0.5) is 9.18 Å². The Kier molecular flexibility index (Phi) is 7.32. The fraction of sp³-hybridized carbons (Fsp3) is 0.611. The van der Waals surface area contributed by atoms with Gasteiger partial charge in [0.25, 0.3) is 0 Å². The predicted octanol–water partition coefficient (Wildman–Crippen LogP) is 3.36. The van der Waals surface area contributed by atoms with Crippen LogP contribution in [-0.4, -0.2) is 43.3 Å². The van der Waals surface area contributed by atoms with E-state index in [0.717, 1.165) is 19.5 Å². The van der Waals surface area contributed by atoms with Gasteiger partial charge >= 0.3 is 6.09 Å². The molecule has 1 atom stereocenters. The molecule has 1 heterocycles. The second-order valence-corrected chi connectivity index (χ2v) is 6.52. The van der Waals surface area contributed by atoms with Gasteiger partial charge in [0.1, 0.15) is 18.2 Å². The van der Waals surface area contributed by atoms with Crippen LogP contribution < -0.4 is 10.1 Å². The number of nitrogens with one attached hydrogen (secondary N) is 1. The molecule has 1 N–H and O–H groups in total. The van der Waals surface area contributed by atoms with Gasteiger partial charge in [-0.05, 0) is 43.4 Å². The molecule has 5 nitrogen and oxygen atoms in total. The van der Waals surface area contributed by atoms with Crippen LogP contribution in [0.2, 0.25) is 0 Å². The Hall–Kier alpha value is -1.53. The Labute approximate surface area is 154 Å². The molecular formula is C18H26ClFN2O3. The summed E-state index contributed by atoms with van der Waals surface area (Å²) >= 11 is 0. The SMILES string of the molecule is CC[C@@H]1CNCCN1C(=O)OCc1cc(OCC2CC2)ccc1F.Cl.